The quantitative estimate of drug-likeness (QED) is 0.481. The number of hydrogen-bond acceptors (Lipinski definition) is 6. The molecular formula is C26H31F3N6S. The van der Waals surface area contributed by atoms with Crippen LogP contribution in [0, 0.1) is 20.8 Å². The second-order valence-corrected chi connectivity index (χ2v) is 10.6. The number of nitrogens with one attached hydrogen (secondary N) is 2. The van der Waals surface area contributed by atoms with Crippen LogP contribution in [0.3, 0.4) is 0 Å². The van der Waals surface area contributed by atoms with Crippen LogP contribution in [-0.4, -0.2) is 32.8 Å². The van der Waals surface area contributed by atoms with Crippen LogP contribution in [0.4, 0.5) is 13.2 Å². The zero-order valence-electron chi connectivity index (χ0n) is 20.7. The second kappa shape index (κ2) is 9.99. The fourth-order valence-electron chi connectivity index (χ4n) is 4.82. The van der Waals surface area contributed by atoms with Gasteiger partial charge in [-0.3, -0.25) is 10.6 Å². The summed E-state index contributed by atoms with van der Waals surface area (Å²) in [6.45, 7) is 9.21. The fraction of sp³-hybridized carbons (Fsp3) is 0.462. The van der Waals surface area contributed by atoms with Gasteiger partial charge in [0.25, 0.3) is 0 Å². The number of fused-ring (bicyclic) bond motifs is 1. The van der Waals surface area contributed by atoms with E-state index in [1.807, 2.05) is 6.20 Å². The monoisotopic (exact) mass is 516 g/mol. The summed E-state index contributed by atoms with van der Waals surface area (Å²) in [6.07, 6.45) is 0.946. The topological polar surface area (TPSA) is 58.0 Å². The molecule has 10 heteroatoms. The first-order valence-corrected chi connectivity index (χ1v) is 13.1. The number of alkyl halides is 3. The zero-order chi connectivity index (χ0) is 25.4. The van der Waals surface area contributed by atoms with Gasteiger partial charge in [0.2, 0.25) is 0 Å². The summed E-state index contributed by atoms with van der Waals surface area (Å²) in [7, 11) is 0. The molecule has 0 atom stereocenters. The lowest BCUT2D eigenvalue weighted by Gasteiger charge is -2.30. The van der Waals surface area contributed by atoms with Gasteiger partial charge in [0.1, 0.15) is 6.17 Å². The molecule has 0 amide bonds. The molecule has 36 heavy (non-hydrogen) atoms. The number of aryl methyl sites for hydroxylation is 3. The molecule has 2 N–H and O–H groups in total. The molecule has 1 saturated heterocycles. The van der Waals surface area contributed by atoms with Gasteiger partial charge >= 0.3 is 6.18 Å². The van der Waals surface area contributed by atoms with Gasteiger partial charge in [-0.1, -0.05) is 12.1 Å². The third-order valence-corrected chi connectivity index (χ3v) is 8.18. The highest BCUT2D eigenvalue weighted by Gasteiger charge is 2.34. The first-order chi connectivity index (χ1) is 17.2. The van der Waals surface area contributed by atoms with E-state index in [1.54, 1.807) is 24.5 Å². The summed E-state index contributed by atoms with van der Waals surface area (Å²) in [6, 6.07) is 5.62. The van der Waals surface area contributed by atoms with Gasteiger partial charge in [-0.2, -0.15) is 18.3 Å². The molecule has 0 bridgehead atoms. The largest absolute Gasteiger partial charge is 0.435 e. The van der Waals surface area contributed by atoms with Gasteiger partial charge in [-0.05, 0) is 61.9 Å². The number of halogens is 3. The average Bonchev–Trinajstić information content (AvgIpc) is 3.42. The molecule has 0 radical (unpaired) electrons. The molecule has 4 heterocycles. The van der Waals surface area contributed by atoms with Crippen molar-refractivity contribution in [1.82, 2.24) is 30.3 Å². The van der Waals surface area contributed by atoms with Crippen LogP contribution >= 0.6 is 11.3 Å². The van der Waals surface area contributed by atoms with E-state index in [0.717, 1.165) is 55.8 Å². The maximum Gasteiger partial charge on any atom is 0.435 e. The molecular weight excluding hydrogens is 485 g/mol. The van der Waals surface area contributed by atoms with E-state index in [0.29, 0.717) is 11.6 Å². The molecule has 1 fully saturated rings. The maximum atomic E-state index is 12.9. The number of hydrogen-bond donors (Lipinski definition) is 2. The van der Waals surface area contributed by atoms with Crippen molar-refractivity contribution >= 4 is 17.5 Å². The van der Waals surface area contributed by atoms with Crippen molar-refractivity contribution in [3.63, 3.8) is 0 Å². The number of nitrogens with zero attached hydrogens (tertiary/aromatic N) is 4. The van der Waals surface area contributed by atoms with Crippen LogP contribution in [0.5, 0.6) is 0 Å². The molecule has 6 nitrogen and oxygen atoms in total. The highest BCUT2D eigenvalue weighted by atomic mass is 32.1. The van der Waals surface area contributed by atoms with Crippen LogP contribution < -0.4 is 10.6 Å². The van der Waals surface area contributed by atoms with E-state index in [1.165, 1.54) is 26.9 Å². The lowest BCUT2D eigenvalue weighted by molar-refractivity contribution is -0.141. The number of thiazole rings is 1. The molecule has 1 aromatic carbocycles. The Bertz CT molecular complexity index is 1220. The number of aromatic nitrogens is 3. The third kappa shape index (κ3) is 5.35. The van der Waals surface area contributed by atoms with Crippen LogP contribution in [0.15, 0.2) is 29.8 Å². The van der Waals surface area contributed by atoms with E-state index >= 15 is 0 Å². The third-order valence-electron chi connectivity index (χ3n) is 7.16. The Morgan fingerprint density at radius 1 is 0.972 bits per heavy atom. The minimum atomic E-state index is -4.43. The lowest BCUT2D eigenvalue weighted by atomic mass is 9.98. The Kier molecular flexibility index (Phi) is 6.93. The predicted octanol–water partition coefficient (Wildman–Crippen LogP) is 5.48. The van der Waals surface area contributed by atoms with E-state index in [-0.39, 0.29) is 6.17 Å². The summed E-state index contributed by atoms with van der Waals surface area (Å²) in [5.74, 6) is 0.393. The molecule has 5 rings (SSSR count). The molecule has 3 aromatic rings. The predicted molar refractivity (Wildman–Crippen MR) is 135 cm³/mol. The van der Waals surface area contributed by atoms with Gasteiger partial charge < -0.3 is 4.90 Å². The van der Waals surface area contributed by atoms with Crippen LogP contribution in [0.1, 0.15) is 69.3 Å². The Morgan fingerprint density at radius 2 is 1.61 bits per heavy atom. The van der Waals surface area contributed by atoms with Crippen molar-refractivity contribution in [3.05, 3.63) is 74.1 Å². The molecule has 0 spiro atoms. The van der Waals surface area contributed by atoms with Crippen molar-refractivity contribution in [2.24, 2.45) is 0 Å². The minimum Gasteiger partial charge on any atom is -0.376 e. The SMILES string of the molecule is Cc1cc2c(cc1C)CNC(c1csc(C3CCN(C=Cn4nc(C(F)(F)F)cc4C)CC3)n1)NC2. The Balaban J connectivity index is 1.17. The summed E-state index contributed by atoms with van der Waals surface area (Å²) in [5.41, 5.74) is 5.93. The van der Waals surface area contributed by atoms with E-state index in [9.17, 15) is 13.2 Å². The molecule has 0 saturated carbocycles. The number of rotatable bonds is 4. The number of piperidine rings is 1. The molecule has 2 aliphatic rings. The summed E-state index contributed by atoms with van der Waals surface area (Å²) >= 11 is 1.72. The molecule has 0 unspecified atom stereocenters. The first kappa shape index (κ1) is 25.0. The summed E-state index contributed by atoms with van der Waals surface area (Å²) < 4.78 is 40.0. The second-order valence-electron chi connectivity index (χ2n) is 9.73. The molecule has 2 aliphatic heterocycles. The fourth-order valence-corrected chi connectivity index (χ4v) is 5.84. The summed E-state index contributed by atoms with van der Waals surface area (Å²) in [4.78, 5) is 7.12. The summed E-state index contributed by atoms with van der Waals surface area (Å²) in [5, 5.41) is 14.2. The maximum absolute atomic E-state index is 12.9. The van der Waals surface area contributed by atoms with E-state index in [2.05, 4.69) is 52.0 Å². The average molecular weight is 517 g/mol. The van der Waals surface area contributed by atoms with E-state index in [4.69, 9.17) is 4.98 Å². The Hall–Kier alpha value is -2.69. The van der Waals surface area contributed by atoms with Crippen molar-refractivity contribution in [3.8, 4) is 0 Å². The highest BCUT2D eigenvalue weighted by Crippen LogP contribution is 2.32. The molecule has 2 aromatic heterocycles. The van der Waals surface area contributed by atoms with Gasteiger partial charge in [0.15, 0.2) is 5.69 Å². The van der Waals surface area contributed by atoms with Crippen LogP contribution in [0.25, 0.3) is 6.20 Å². The Morgan fingerprint density at radius 3 is 2.19 bits per heavy atom. The normalized spacial score (nSPS) is 18.1. The lowest BCUT2D eigenvalue weighted by Crippen LogP contribution is -2.31. The highest BCUT2D eigenvalue weighted by molar-refractivity contribution is 7.09. The zero-order valence-corrected chi connectivity index (χ0v) is 21.5. The van der Waals surface area contributed by atoms with Crippen LogP contribution in [-0.2, 0) is 19.3 Å². The van der Waals surface area contributed by atoms with Gasteiger partial charge in [0, 0.05) is 55.6 Å². The van der Waals surface area contributed by atoms with Crippen molar-refractivity contribution in [2.45, 2.75) is 65.0 Å². The smallest absolute Gasteiger partial charge is 0.376 e. The minimum absolute atomic E-state index is 0.0185. The van der Waals surface area contributed by atoms with Gasteiger partial charge in [0.05, 0.1) is 10.7 Å². The van der Waals surface area contributed by atoms with Crippen LogP contribution in [0.2, 0.25) is 0 Å². The van der Waals surface area contributed by atoms with Crippen molar-refractivity contribution in [1.29, 1.82) is 0 Å². The van der Waals surface area contributed by atoms with Gasteiger partial charge in [-0.15, -0.1) is 11.3 Å². The Labute approximate surface area is 213 Å². The number of benzene rings is 1. The van der Waals surface area contributed by atoms with Crippen molar-refractivity contribution < 1.29 is 13.2 Å². The van der Waals surface area contributed by atoms with E-state index < -0.39 is 11.9 Å². The molecule has 0 aliphatic carbocycles. The van der Waals surface area contributed by atoms with Crippen molar-refractivity contribution in [2.75, 3.05) is 13.1 Å². The first-order valence-electron chi connectivity index (χ1n) is 12.2. The van der Waals surface area contributed by atoms with Gasteiger partial charge in [-0.25, -0.2) is 9.67 Å². The standard InChI is InChI=1S/C26H31F3N6S/c1-16-10-20-13-30-24(31-14-21(20)11-17(16)2)22-15-36-25(32-22)19-4-6-34(7-5-19)8-9-35-18(3)12-23(33-35)26(27,28)29/h8-12,15,19,24,30-31H,4-7,13-14H2,1-3H3. The number of likely N-dealkylation sites (tertiary alicyclic amines) is 1. The molecule has 192 valence electrons.